The second kappa shape index (κ2) is 12.6. The van der Waals surface area contributed by atoms with Crippen LogP contribution in [0.3, 0.4) is 0 Å². The summed E-state index contributed by atoms with van der Waals surface area (Å²) in [4.78, 5) is 0. The Morgan fingerprint density at radius 3 is 2.14 bits per heavy atom. The fourth-order valence-corrected chi connectivity index (χ4v) is 4.93. The van der Waals surface area contributed by atoms with Crippen LogP contribution in [0.15, 0.2) is 23.8 Å². The molecule has 0 saturated carbocycles. The Labute approximate surface area is 184 Å². The summed E-state index contributed by atoms with van der Waals surface area (Å²) in [6.45, 7) is 31.4. The molecule has 0 fully saturated rings. The molecule has 5 heteroatoms. The van der Waals surface area contributed by atoms with E-state index in [-0.39, 0.29) is 11.1 Å². The summed E-state index contributed by atoms with van der Waals surface area (Å²) in [6, 6.07) is 1.18. The number of ether oxygens (including phenoxy) is 2. The number of rotatable bonds is 14. The van der Waals surface area contributed by atoms with Crippen molar-refractivity contribution in [2.45, 2.75) is 104 Å². The predicted molar refractivity (Wildman–Crippen MR) is 134 cm³/mol. The molecule has 0 aliphatic rings. The van der Waals surface area contributed by atoms with Crippen molar-refractivity contribution in [1.29, 1.82) is 0 Å². The van der Waals surface area contributed by atoms with Crippen LogP contribution in [-0.4, -0.2) is 42.5 Å². The van der Waals surface area contributed by atoms with E-state index in [2.05, 4.69) is 86.9 Å². The quantitative estimate of drug-likeness (QED) is 0.120. The molecular formula is C24H50O3Si2. The van der Waals surface area contributed by atoms with Gasteiger partial charge in [-0.15, -0.1) is 0 Å². The first kappa shape index (κ1) is 28.8. The molecule has 0 unspecified atom stereocenters. The topological polar surface area (TPSA) is 27.7 Å². The maximum absolute atomic E-state index is 6.64. The summed E-state index contributed by atoms with van der Waals surface area (Å²) in [5.41, 5.74) is 2.43. The molecule has 0 rings (SSSR count). The molecule has 3 nitrogen and oxygen atoms in total. The van der Waals surface area contributed by atoms with E-state index in [0.717, 1.165) is 25.0 Å². The van der Waals surface area contributed by atoms with E-state index >= 15 is 0 Å². The lowest BCUT2D eigenvalue weighted by Crippen LogP contribution is -2.44. The Morgan fingerprint density at radius 1 is 1.07 bits per heavy atom. The Morgan fingerprint density at radius 2 is 1.66 bits per heavy atom. The van der Waals surface area contributed by atoms with E-state index in [1.165, 1.54) is 11.6 Å². The highest BCUT2D eigenvalue weighted by atomic mass is 28.4. The van der Waals surface area contributed by atoms with E-state index in [0.29, 0.717) is 19.3 Å². The normalized spacial score (nSPS) is 16.0. The molecule has 172 valence electrons. The summed E-state index contributed by atoms with van der Waals surface area (Å²) in [5, 5.41) is 0.223. The van der Waals surface area contributed by atoms with Crippen LogP contribution in [0.1, 0.15) is 54.4 Å². The molecule has 0 saturated heterocycles. The van der Waals surface area contributed by atoms with Crippen LogP contribution in [0.5, 0.6) is 0 Å². The largest absolute Gasteiger partial charge is 0.410 e. The lowest BCUT2D eigenvalue weighted by molar-refractivity contribution is -0.0588. The summed E-state index contributed by atoms with van der Waals surface area (Å²) in [5.74, 6) is 0.425. The molecule has 0 radical (unpaired) electrons. The van der Waals surface area contributed by atoms with E-state index in [4.69, 9.17) is 13.9 Å². The lowest BCUT2D eigenvalue weighted by Gasteiger charge is -2.39. The third-order valence-corrected chi connectivity index (χ3v) is 11.9. The maximum Gasteiger partial charge on any atom is 0.192 e. The molecule has 0 aliphatic heterocycles. The van der Waals surface area contributed by atoms with E-state index in [1.54, 1.807) is 0 Å². The van der Waals surface area contributed by atoms with Crippen molar-refractivity contribution in [2.75, 3.05) is 20.0 Å². The molecule has 0 spiro atoms. The first-order chi connectivity index (χ1) is 13.1. The van der Waals surface area contributed by atoms with Gasteiger partial charge in [-0.1, -0.05) is 72.5 Å². The minimum Gasteiger partial charge on any atom is -0.410 e. The molecule has 0 bridgehead atoms. The van der Waals surface area contributed by atoms with Gasteiger partial charge in [-0.2, -0.15) is 0 Å². The maximum atomic E-state index is 6.64. The first-order valence-electron chi connectivity index (χ1n) is 11.3. The van der Waals surface area contributed by atoms with Gasteiger partial charge < -0.3 is 13.9 Å². The summed E-state index contributed by atoms with van der Waals surface area (Å²) < 4.78 is 18.0. The van der Waals surface area contributed by atoms with Gasteiger partial charge in [0.25, 0.3) is 0 Å². The zero-order chi connectivity index (χ0) is 22.9. The SMILES string of the molecule is C=C(/C=C(\C)[C@@H](CC)O[Si](C)(C)C(C)(C)C)C[C@H](C)COCOCC[Si](C)(C)C. The molecule has 0 aliphatic carbocycles. The van der Waals surface area contributed by atoms with Gasteiger partial charge in [-0.3, -0.25) is 0 Å². The van der Waals surface area contributed by atoms with Crippen molar-refractivity contribution < 1.29 is 13.9 Å². The Balaban J connectivity index is 4.44. The van der Waals surface area contributed by atoms with Crippen molar-refractivity contribution in [3.05, 3.63) is 23.8 Å². The third-order valence-electron chi connectivity index (χ3n) is 5.73. The Hall–Kier alpha value is -0.206. The second-order valence-electron chi connectivity index (χ2n) is 11.3. The van der Waals surface area contributed by atoms with Crippen LogP contribution in [-0.2, 0) is 13.9 Å². The first-order valence-corrected chi connectivity index (χ1v) is 17.9. The Bertz CT molecular complexity index is 513. The van der Waals surface area contributed by atoms with Crippen LogP contribution in [0.2, 0.25) is 43.8 Å². The number of hydrogen-bond acceptors (Lipinski definition) is 3. The highest BCUT2D eigenvalue weighted by Crippen LogP contribution is 2.38. The number of hydrogen-bond donors (Lipinski definition) is 0. The molecule has 0 aromatic carbocycles. The van der Waals surface area contributed by atoms with Crippen LogP contribution in [0, 0.1) is 5.92 Å². The minimum atomic E-state index is -1.78. The van der Waals surface area contributed by atoms with Crippen molar-refractivity contribution in [3.8, 4) is 0 Å². The van der Waals surface area contributed by atoms with Crippen LogP contribution >= 0.6 is 0 Å². The average Bonchev–Trinajstić information content (AvgIpc) is 2.53. The summed E-state index contributed by atoms with van der Waals surface area (Å²) in [7, 11) is -2.80. The number of allylic oxidation sites excluding steroid dienone is 2. The van der Waals surface area contributed by atoms with Gasteiger partial charge in [0, 0.05) is 14.7 Å². The molecular weight excluding hydrogens is 392 g/mol. The van der Waals surface area contributed by atoms with Gasteiger partial charge in [0.15, 0.2) is 8.32 Å². The van der Waals surface area contributed by atoms with E-state index in [1.807, 2.05) is 0 Å². The van der Waals surface area contributed by atoms with Gasteiger partial charge in [-0.05, 0) is 55.4 Å². The molecule has 2 atom stereocenters. The van der Waals surface area contributed by atoms with Gasteiger partial charge in [0.2, 0.25) is 0 Å². The predicted octanol–water partition coefficient (Wildman–Crippen LogP) is 7.64. The molecule has 0 heterocycles. The standard InChI is InChI=1S/C24H50O3Si2/c1-13-23(27-29(11,12)24(5,6)7)22(4)17-20(2)16-21(3)18-26-19-25-14-15-28(8,9)10/h17,21,23H,2,13-16,18-19H2,1,3-12H3/b22-17+/t21-,23+/m0/s1. The third kappa shape index (κ3) is 12.9. The molecule has 0 N–H and O–H groups in total. The van der Waals surface area contributed by atoms with Crippen LogP contribution in [0.4, 0.5) is 0 Å². The van der Waals surface area contributed by atoms with E-state index < -0.39 is 16.4 Å². The average molecular weight is 443 g/mol. The molecule has 29 heavy (non-hydrogen) atoms. The summed E-state index contributed by atoms with van der Waals surface area (Å²) >= 11 is 0. The van der Waals surface area contributed by atoms with Crippen LogP contribution in [0.25, 0.3) is 0 Å². The van der Waals surface area contributed by atoms with Crippen LogP contribution < -0.4 is 0 Å². The van der Waals surface area contributed by atoms with Gasteiger partial charge in [-0.25, -0.2) is 0 Å². The van der Waals surface area contributed by atoms with Gasteiger partial charge in [0.05, 0.1) is 12.7 Å². The minimum absolute atomic E-state index is 0.180. The van der Waals surface area contributed by atoms with E-state index in [9.17, 15) is 0 Å². The lowest BCUT2D eigenvalue weighted by atomic mass is 9.99. The Kier molecular flexibility index (Phi) is 12.5. The fraction of sp³-hybridized carbons (Fsp3) is 0.833. The fourth-order valence-electron chi connectivity index (χ4n) is 2.76. The summed E-state index contributed by atoms with van der Waals surface area (Å²) in [6.07, 6.45) is 4.33. The molecule has 0 aromatic rings. The highest BCUT2D eigenvalue weighted by Gasteiger charge is 2.39. The second-order valence-corrected chi connectivity index (χ2v) is 21.7. The monoisotopic (exact) mass is 442 g/mol. The van der Waals surface area contributed by atoms with Gasteiger partial charge in [0.1, 0.15) is 6.79 Å². The van der Waals surface area contributed by atoms with Crippen molar-refractivity contribution >= 4 is 16.4 Å². The zero-order valence-corrected chi connectivity index (χ0v) is 23.4. The zero-order valence-electron chi connectivity index (χ0n) is 21.4. The van der Waals surface area contributed by atoms with Gasteiger partial charge >= 0.3 is 0 Å². The van der Waals surface area contributed by atoms with Crippen molar-refractivity contribution in [2.24, 2.45) is 5.92 Å². The van der Waals surface area contributed by atoms with Crippen molar-refractivity contribution in [3.63, 3.8) is 0 Å². The molecule has 0 amide bonds. The molecule has 0 aromatic heterocycles. The smallest absolute Gasteiger partial charge is 0.192 e. The van der Waals surface area contributed by atoms with Crippen molar-refractivity contribution in [1.82, 2.24) is 0 Å². The highest BCUT2D eigenvalue weighted by molar-refractivity contribution is 6.76.